The van der Waals surface area contributed by atoms with Crippen molar-refractivity contribution in [2.75, 3.05) is 5.32 Å². The van der Waals surface area contributed by atoms with E-state index < -0.39 is 15.9 Å². The van der Waals surface area contributed by atoms with E-state index in [4.69, 9.17) is 4.18 Å². The van der Waals surface area contributed by atoms with Crippen molar-refractivity contribution >= 4 is 32.3 Å². The van der Waals surface area contributed by atoms with E-state index in [0.717, 1.165) is 35.7 Å². The molecule has 2 aromatic carbocycles. The smallest absolute Gasteiger partial charge is 0.339 e. The number of hydrogen-bond acceptors (Lipinski definition) is 7. The van der Waals surface area contributed by atoms with Crippen molar-refractivity contribution in [3.8, 4) is 17.1 Å². The molecule has 0 spiro atoms. The monoisotopic (exact) mass is 427 g/mol. The van der Waals surface area contributed by atoms with Crippen LogP contribution in [0.4, 0.5) is 15.2 Å². The summed E-state index contributed by atoms with van der Waals surface area (Å²) in [4.78, 5) is 8.62. The Morgan fingerprint density at radius 1 is 0.966 bits per heavy atom. The molecule has 4 aromatic rings. The van der Waals surface area contributed by atoms with E-state index in [0.29, 0.717) is 10.8 Å². The zero-order valence-corrected chi connectivity index (χ0v) is 16.5. The lowest BCUT2D eigenvalue weighted by atomic mass is 10.3. The van der Waals surface area contributed by atoms with Gasteiger partial charge in [0, 0.05) is 23.3 Å². The van der Waals surface area contributed by atoms with E-state index in [1.807, 2.05) is 23.6 Å². The molecule has 0 bridgehead atoms. The molecule has 2 aromatic heterocycles. The predicted octanol–water partition coefficient (Wildman–Crippen LogP) is 4.86. The van der Waals surface area contributed by atoms with Gasteiger partial charge >= 0.3 is 10.1 Å². The highest BCUT2D eigenvalue weighted by Crippen LogP contribution is 2.28. The standard InChI is InChI=1S/C20H14FN3O3S2/c21-14-7-9-17(10-8-14)29(25,26)27-16-5-3-4-15(12-16)23-20-24-19(13-28-20)18-6-1-2-11-22-18/h1-13H,(H,23,24). The Hall–Kier alpha value is -3.30. The summed E-state index contributed by atoms with van der Waals surface area (Å²) in [6.45, 7) is 0. The van der Waals surface area contributed by atoms with Crippen LogP contribution < -0.4 is 9.50 Å². The Morgan fingerprint density at radius 2 is 1.79 bits per heavy atom. The third kappa shape index (κ3) is 4.58. The molecule has 0 aliphatic rings. The number of hydrogen-bond donors (Lipinski definition) is 1. The lowest BCUT2D eigenvalue weighted by Crippen LogP contribution is -2.09. The largest absolute Gasteiger partial charge is 0.379 e. The second-order valence-electron chi connectivity index (χ2n) is 5.90. The fraction of sp³-hybridized carbons (Fsp3) is 0. The number of halogens is 1. The van der Waals surface area contributed by atoms with Crippen molar-refractivity contribution < 1.29 is 17.0 Å². The molecule has 0 aliphatic carbocycles. The van der Waals surface area contributed by atoms with Gasteiger partial charge < -0.3 is 9.50 Å². The number of anilines is 2. The molecule has 146 valence electrons. The van der Waals surface area contributed by atoms with Crippen LogP contribution in [-0.2, 0) is 10.1 Å². The van der Waals surface area contributed by atoms with Crippen molar-refractivity contribution in [2.24, 2.45) is 0 Å². The van der Waals surface area contributed by atoms with Gasteiger partial charge in [-0.05, 0) is 48.5 Å². The average Bonchev–Trinajstić information content (AvgIpc) is 3.17. The second kappa shape index (κ2) is 7.98. The maximum Gasteiger partial charge on any atom is 0.339 e. The van der Waals surface area contributed by atoms with Gasteiger partial charge in [0.1, 0.15) is 22.2 Å². The third-order valence-electron chi connectivity index (χ3n) is 3.83. The van der Waals surface area contributed by atoms with Gasteiger partial charge in [-0.2, -0.15) is 8.42 Å². The first-order valence-corrected chi connectivity index (χ1v) is 10.7. The number of thiazole rings is 1. The summed E-state index contributed by atoms with van der Waals surface area (Å²) in [7, 11) is -4.07. The normalized spacial score (nSPS) is 11.2. The van der Waals surface area contributed by atoms with Gasteiger partial charge in [0.25, 0.3) is 0 Å². The molecule has 0 fully saturated rings. The average molecular weight is 427 g/mol. The van der Waals surface area contributed by atoms with Crippen LogP contribution in [0.1, 0.15) is 0 Å². The Labute approximate surface area is 170 Å². The minimum atomic E-state index is -4.07. The van der Waals surface area contributed by atoms with Crippen LogP contribution in [0.2, 0.25) is 0 Å². The molecule has 0 aliphatic heterocycles. The van der Waals surface area contributed by atoms with Gasteiger partial charge in [0.05, 0.1) is 5.69 Å². The van der Waals surface area contributed by atoms with E-state index in [-0.39, 0.29) is 10.6 Å². The number of nitrogens with one attached hydrogen (secondary N) is 1. The first-order chi connectivity index (χ1) is 14.0. The fourth-order valence-electron chi connectivity index (χ4n) is 2.49. The molecule has 0 unspecified atom stereocenters. The predicted molar refractivity (Wildman–Crippen MR) is 109 cm³/mol. The maximum absolute atomic E-state index is 13.0. The molecule has 29 heavy (non-hydrogen) atoms. The van der Waals surface area contributed by atoms with E-state index in [9.17, 15) is 12.8 Å². The van der Waals surface area contributed by atoms with Crippen LogP contribution in [0.5, 0.6) is 5.75 Å². The number of benzene rings is 2. The zero-order valence-electron chi connectivity index (χ0n) is 14.8. The fourth-order valence-corrected chi connectivity index (χ4v) is 4.14. The molecule has 1 N–H and O–H groups in total. The summed E-state index contributed by atoms with van der Waals surface area (Å²) in [6.07, 6.45) is 1.70. The molecule has 0 saturated carbocycles. The quantitative estimate of drug-likeness (QED) is 0.443. The molecule has 4 rings (SSSR count). The molecular weight excluding hydrogens is 413 g/mol. The van der Waals surface area contributed by atoms with Crippen LogP contribution >= 0.6 is 11.3 Å². The van der Waals surface area contributed by atoms with Crippen molar-refractivity contribution in [3.05, 3.63) is 84.1 Å². The van der Waals surface area contributed by atoms with E-state index in [1.54, 1.807) is 24.4 Å². The zero-order chi connectivity index (χ0) is 20.3. The minimum absolute atomic E-state index is 0.126. The van der Waals surface area contributed by atoms with Gasteiger partial charge in [-0.25, -0.2) is 9.37 Å². The lowest BCUT2D eigenvalue weighted by molar-refractivity contribution is 0.486. The topological polar surface area (TPSA) is 81.2 Å². The second-order valence-corrected chi connectivity index (χ2v) is 8.30. The van der Waals surface area contributed by atoms with Crippen LogP contribution in [0.15, 0.2) is 83.2 Å². The number of aromatic nitrogens is 2. The lowest BCUT2D eigenvalue weighted by Gasteiger charge is -2.09. The maximum atomic E-state index is 13.0. The Balaban J connectivity index is 1.51. The summed E-state index contributed by atoms with van der Waals surface area (Å²) in [5.41, 5.74) is 2.11. The SMILES string of the molecule is O=S(=O)(Oc1cccc(Nc2nc(-c3ccccn3)cs2)c1)c1ccc(F)cc1. The van der Waals surface area contributed by atoms with E-state index in [2.05, 4.69) is 15.3 Å². The van der Waals surface area contributed by atoms with Crippen molar-refractivity contribution in [3.63, 3.8) is 0 Å². The highest BCUT2D eigenvalue weighted by atomic mass is 32.2. The molecular formula is C20H14FN3O3S2. The first kappa shape index (κ1) is 19.0. The van der Waals surface area contributed by atoms with E-state index >= 15 is 0 Å². The third-order valence-corrected chi connectivity index (χ3v) is 5.84. The van der Waals surface area contributed by atoms with Crippen molar-refractivity contribution in [1.29, 1.82) is 0 Å². The molecule has 6 nitrogen and oxygen atoms in total. The van der Waals surface area contributed by atoms with Crippen LogP contribution in [-0.4, -0.2) is 18.4 Å². The summed E-state index contributed by atoms with van der Waals surface area (Å²) in [6, 6.07) is 16.5. The molecule has 0 atom stereocenters. The molecule has 0 amide bonds. The molecule has 0 saturated heterocycles. The molecule has 2 heterocycles. The molecule has 9 heteroatoms. The van der Waals surface area contributed by atoms with Gasteiger partial charge in [-0.3, -0.25) is 4.98 Å². The summed E-state index contributed by atoms with van der Waals surface area (Å²) in [5.74, 6) is -0.399. The summed E-state index contributed by atoms with van der Waals surface area (Å²) >= 11 is 1.40. The van der Waals surface area contributed by atoms with Gasteiger partial charge in [-0.1, -0.05) is 12.1 Å². The Morgan fingerprint density at radius 3 is 2.55 bits per heavy atom. The van der Waals surface area contributed by atoms with Crippen LogP contribution in [0, 0.1) is 5.82 Å². The highest BCUT2D eigenvalue weighted by Gasteiger charge is 2.17. The van der Waals surface area contributed by atoms with Crippen molar-refractivity contribution in [1.82, 2.24) is 9.97 Å². The summed E-state index contributed by atoms with van der Waals surface area (Å²) < 4.78 is 42.9. The van der Waals surface area contributed by atoms with E-state index in [1.165, 1.54) is 17.4 Å². The first-order valence-electron chi connectivity index (χ1n) is 8.44. The molecule has 0 radical (unpaired) electrons. The van der Waals surface area contributed by atoms with Gasteiger partial charge in [-0.15, -0.1) is 11.3 Å². The van der Waals surface area contributed by atoms with Gasteiger partial charge in [0.2, 0.25) is 0 Å². The number of pyridine rings is 1. The Kier molecular flexibility index (Phi) is 5.24. The summed E-state index contributed by atoms with van der Waals surface area (Å²) in [5, 5.41) is 5.63. The highest BCUT2D eigenvalue weighted by molar-refractivity contribution is 7.87. The van der Waals surface area contributed by atoms with Gasteiger partial charge in [0.15, 0.2) is 5.13 Å². The van der Waals surface area contributed by atoms with Crippen LogP contribution in [0.3, 0.4) is 0 Å². The van der Waals surface area contributed by atoms with Crippen LogP contribution in [0.25, 0.3) is 11.4 Å². The number of nitrogens with zero attached hydrogens (tertiary/aromatic N) is 2. The van der Waals surface area contributed by atoms with Crippen molar-refractivity contribution in [2.45, 2.75) is 4.90 Å². The minimum Gasteiger partial charge on any atom is -0.379 e. The Bertz CT molecular complexity index is 1230. The number of rotatable bonds is 6.